The summed E-state index contributed by atoms with van der Waals surface area (Å²) in [6.45, 7) is 4.14. The molecule has 0 aliphatic carbocycles. The number of nitrogens with zero attached hydrogens (tertiary/aromatic N) is 2. The first-order valence-corrected chi connectivity index (χ1v) is 11.9. The maximum atomic E-state index is 12.7. The first-order chi connectivity index (χ1) is 13.9. The molecule has 156 valence electrons. The predicted molar refractivity (Wildman–Crippen MR) is 118 cm³/mol. The number of hydrogen-bond donors (Lipinski definition) is 1. The number of sulfonamides is 1. The Hall–Kier alpha value is -2.54. The highest BCUT2D eigenvalue weighted by Gasteiger charge is 2.28. The lowest BCUT2D eigenvalue weighted by atomic mass is 10.1. The van der Waals surface area contributed by atoms with Gasteiger partial charge in [-0.1, -0.05) is 30.3 Å². The van der Waals surface area contributed by atoms with E-state index in [4.69, 9.17) is 0 Å². The number of benzene rings is 2. The average Bonchev–Trinajstić information content (AvgIpc) is 2.73. The highest BCUT2D eigenvalue weighted by atomic mass is 32.2. The minimum Gasteiger partial charge on any atom is -0.372 e. The van der Waals surface area contributed by atoms with Crippen LogP contribution in [0.2, 0.25) is 0 Å². The summed E-state index contributed by atoms with van der Waals surface area (Å²) in [7, 11) is -3.60. The monoisotopic (exact) mass is 415 g/mol. The highest BCUT2D eigenvalue weighted by Crippen LogP contribution is 2.21. The summed E-state index contributed by atoms with van der Waals surface area (Å²) in [4.78, 5) is 15.1. The standard InChI is InChI=1S/C22H29N3O3S/c1-18(25(29(2,27)28)21-9-5-3-6-10-21)22(26)23-17-19-11-13-20(14-12-19)24-15-7-4-8-16-24/h3,5-6,9-14,18H,4,7-8,15-17H2,1-2H3,(H,23,26)/t18-/m1/s1. The fourth-order valence-corrected chi connectivity index (χ4v) is 4.87. The summed E-state index contributed by atoms with van der Waals surface area (Å²) in [5.41, 5.74) is 2.67. The Morgan fingerprint density at radius 3 is 2.24 bits per heavy atom. The number of amides is 1. The van der Waals surface area contributed by atoms with Gasteiger partial charge < -0.3 is 10.2 Å². The SMILES string of the molecule is C[C@H](C(=O)NCc1ccc(N2CCCCC2)cc1)N(c1ccccc1)S(C)(=O)=O. The number of carbonyl (C=O) groups is 1. The van der Waals surface area contributed by atoms with Crippen LogP contribution in [0.25, 0.3) is 0 Å². The van der Waals surface area contributed by atoms with Crippen molar-refractivity contribution in [2.75, 3.05) is 28.6 Å². The van der Waals surface area contributed by atoms with Crippen LogP contribution in [0.1, 0.15) is 31.7 Å². The van der Waals surface area contributed by atoms with Crippen LogP contribution in [-0.2, 0) is 21.4 Å². The molecule has 0 unspecified atom stereocenters. The van der Waals surface area contributed by atoms with Gasteiger partial charge in [-0.15, -0.1) is 0 Å². The molecule has 1 heterocycles. The number of hydrogen-bond acceptors (Lipinski definition) is 4. The van der Waals surface area contributed by atoms with E-state index in [9.17, 15) is 13.2 Å². The second kappa shape index (κ2) is 9.31. The van der Waals surface area contributed by atoms with Crippen LogP contribution in [0.5, 0.6) is 0 Å². The molecule has 1 fully saturated rings. The van der Waals surface area contributed by atoms with Crippen molar-refractivity contribution in [3.05, 3.63) is 60.2 Å². The molecule has 2 aromatic rings. The molecule has 0 saturated carbocycles. The lowest BCUT2D eigenvalue weighted by Gasteiger charge is -2.29. The number of para-hydroxylation sites is 1. The van der Waals surface area contributed by atoms with Crippen molar-refractivity contribution in [3.8, 4) is 0 Å². The summed E-state index contributed by atoms with van der Waals surface area (Å²) in [6, 6.07) is 16.0. The second-order valence-corrected chi connectivity index (χ2v) is 9.36. The Labute approximate surface area is 173 Å². The van der Waals surface area contributed by atoms with Crippen molar-refractivity contribution in [2.45, 2.75) is 38.8 Å². The molecule has 0 spiro atoms. The van der Waals surface area contributed by atoms with Crippen molar-refractivity contribution in [1.82, 2.24) is 5.32 Å². The van der Waals surface area contributed by atoms with Gasteiger partial charge in [-0.25, -0.2) is 8.42 Å². The molecule has 29 heavy (non-hydrogen) atoms. The topological polar surface area (TPSA) is 69.7 Å². The van der Waals surface area contributed by atoms with E-state index in [1.807, 2.05) is 18.2 Å². The van der Waals surface area contributed by atoms with Gasteiger partial charge in [0.15, 0.2) is 0 Å². The van der Waals surface area contributed by atoms with Crippen molar-refractivity contribution in [1.29, 1.82) is 0 Å². The van der Waals surface area contributed by atoms with E-state index in [1.165, 1.54) is 24.9 Å². The molecule has 0 radical (unpaired) electrons. The maximum absolute atomic E-state index is 12.7. The van der Waals surface area contributed by atoms with Crippen molar-refractivity contribution in [3.63, 3.8) is 0 Å². The number of piperidine rings is 1. The molecule has 1 atom stereocenters. The minimum absolute atomic E-state index is 0.334. The van der Waals surface area contributed by atoms with Crippen LogP contribution < -0.4 is 14.5 Å². The fourth-order valence-electron chi connectivity index (χ4n) is 3.70. The summed E-state index contributed by atoms with van der Waals surface area (Å²) < 4.78 is 25.7. The normalized spacial score (nSPS) is 15.6. The zero-order valence-corrected chi connectivity index (χ0v) is 17.9. The molecule has 6 nitrogen and oxygen atoms in total. The summed E-state index contributed by atoms with van der Waals surface area (Å²) in [5, 5.41) is 2.86. The number of nitrogens with one attached hydrogen (secondary N) is 1. The summed E-state index contributed by atoms with van der Waals surface area (Å²) >= 11 is 0. The van der Waals surface area contributed by atoms with Gasteiger partial charge in [0, 0.05) is 25.3 Å². The third-order valence-corrected chi connectivity index (χ3v) is 6.47. The van der Waals surface area contributed by atoms with Gasteiger partial charge in [-0.05, 0) is 56.0 Å². The largest absolute Gasteiger partial charge is 0.372 e. The van der Waals surface area contributed by atoms with Gasteiger partial charge in [0.05, 0.1) is 11.9 Å². The van der Waals surface area contributed by atoms with Gasteiger partial charge in [-0.3, -0.25) is 9.10 Å². The molecule has 7 heteroatoms. The van der Waals surface area contributed by atoms with Crippen molar-refractivity contribution in [2.24, 2.45) is 0 Å². The van der Waals surface area contributed by atoms with E-state index < -0.39 is 16.1 Å². The predicted octanol–water partition coefficient (Wildman–Crippen LogP) is 3.15. The molecular weight excluding hydrogens is 386 g/mol. The Morgan fingerprint density at radius 2 is 1.66 bits per heavy atom. The van der Waals surface area contributed by atoms with Crippen LogP contribution >= 0.6 is 0 Å². The Morgan fingerprint density at radius 1 is 1.03 bits per heavy atom. The van der Waals surface area contributed by atoms with Gasteiger partial charge >= 0.3 is 0 Å². The van der Waals surface area contributed by atoms with Gasteiger partial charge in [0.25, 0.3) is 0 Å². The van der Waals surface area contributed by atoms with Gasteiger partial charge in [0.1, 0.15) is 6.04 Å². The van der Waals surface area contributed by atoms with Crippen molar-refractivity contribution >= 4 is 27.3 Å². The Balaban J connectivity index is 1.63. The zero-order valence-electron chi connectivity index (χ0n) is 17.0. The van der Waals surface area contributed by atoms with Crippen LogP contribution in [0.4, 0.5) is 11.4 Å². The highest BCUT2D eigenvalue weighted by molar-refractivity contribution is 7.92. The lowest BCUT2D eigenvalue weighted by Crippen LogP contribution is -2.47. The fraction of sp³-hybridized carbons (Fsp3) is 0.409. The summed E-state index contributed by atoms with van der Waals surface area (Å²) in [6.07, 6.45) is 4.87. The second-order valence-electron chi connectivity index (χ2n) is 7.50. The Kier molecular flexibility index (Phi) is 6.79. The summed E-state index contributed by atoms with van der Waals surface area (Å²) in [5.74, 6) is -0.334. The molecule has 0 bridgehead atoms. The van der Waals surface area contributed by atoms with E-state index in [2.05, 4.69) is 22.3 Å². The van der Waals surface area contributed by atoms with E-state index in [1.54, 1.807) is 31.2 Å². The number of anilines is 2. The molecule has 1 aliphatic rings. The molecule has 1 amide bonds. The maximum Gasteiger partial charge on any atom is 0.243 e. The van der Waals surface area contributed by atoms with E-state index in [0.29, 0.717) is 12.2 Å². The lowest BCUT2D eigenvalue weighted by molar-refractivity contribution is -0.122. The van der Waals surface area contributed by atoms with Crippen LogP contribution in [0.15, 0.2) is 54.6 Å². The molecule has 1 saturated heterocycles. The number of rotatable bonds is 7. The molecule has 1 aliphatic heterocycles. The number of carbonyl (C=O) groups excluding carboxylic acids is 1. The quantitative estimate of drug-likeness (QED) is 0.754. The first-order valence-electron chi connectivity index (χ1n) is 10.0. The van der Waals surface area contributed by atoms with Crippen molar-refractivity contribution < 1.29 is 13.2 Å². The molecule has 1 N–H and O–H groups in total. The molecule has 3 rings (SSSR count). The van der Waals surface area contributed by atoms with E-state index in [-0.39, 0.29) is 5.91 Å². The van der Waals surface area contributed by atoms with Gasteiger partial charge in [0.2, 0.25) is 15.9 Å². The van der Waals surface area contributed by atoms with Crippen LogP contribution in [-0.4, -0.2) is 39.7 Å². The third-order valence-electron chi connectivity index (χ3n) is 5.22. The van der Waals surface area contributed by atoms with E-state index >= 15 is 0 Å². The van der Waals surface area contributed by atoms with Crippen LogP contribution in [0, 0.1) is 0 Å². The smallest absolute Gasteiger partial charge is 0.243 e. The average molecular weight is 416 g/mol. The minimum atomic E-state index is -3.60. The van der Waals surface area contributed by atoms with Gasteiger partial charge in [-0.2, -0.15) is 0 Å². The third kappa shape index (κ3) is 5.50. The Bertz CT molecular complexity index is 908. The molecular formula is C22H29N3O3S. The molecule has 2 aromatic carbocycles. The molecule has 0 aromatic heterocycles. The van der Waals surface area contributed by atoms with E-state index in [0.717, 1.165) is 29.2 Å². The zero-order chi connectivity index (χ0) is 20.9. The first kappa shape index (κ1) is 21.2. The van der Waals surface area contributed by atoms with Crippen LogP contribution in [0.3, 0.4) is 0 Å².